The van der Waals surface area contributed by atoms with E-state index in [1.807, 2.05) is 4.90 Å². The first-order valence-electron chi connectivity index (χ1n) is 8.33. The fourth-order valence-corrected chi connectivity index (χ4v) is 3.21. The van der Waals surface area contributed by atoms with Gasteiger partial charge in [0.15, 0.2) is 0 Å². The second-order valence-electron chi connectivity index (χ2n) is 6.03. The third-order valence-electron chi connectivity index (χ3n) is 4.51. The number of carbonyl (C=O) groups excluding carboxylic acids is 3. The lowest BCUT2D eigenvalue weighted by atomic mass is 10.2. The van der Waals surface area contributed by atoms with Gasteiger partial charge in [0.05, 0.1) is 24.8 Å². The van der Waals surface area contributed by atoms with Crippen LogP contribution in [0.5, 0.6) is 5.75 Å². The van der Waals surface area contributed by atoms with Crippen molar-refractivity contribution in [3.05, 3.63) is 24.3 Å². The minimum Gasteiger partial charge on any atom is -0.508 e. The number of phenolic OH excluding ortho intramolecular Hbond substituents is 1. The number of hydrogen-bond donors (Lipinski definition) is 1. The third-order valence-corrected chi connectivity index (χ3v) is 4.51. The van der Waals surface area contributed by atoms with Gasteiger partial charge in [-0.1, -0.05) is 0 Å². The summed E-state index contributed by atoms with van der Waals surface area (Å²) in [4.78, 5) is 41.5. The van der Waals surface area contributed by atoms with E-state index in [0.717, 1.165) is 0 Å². The van der Waals surface area contributed by atoms with Crippen molar-refractivity contribution in [2.45, 2.75) is 19.4 Å². The van der Waals surface area contributed by atoms with Gasteiger partial charge in [-0.2, -0.15) is 0 Å². The maximum atomic E-state index is 12.7. The van der Waals surface area contributed by atoms with E-state index < -0.39 is 6.04 Å². The molecule has 0 bridgehead atoms. The number of benzene rings is 1. The molecule has 0 spiro atoms. The van der Waals surface area contributed by atoms with Crippen molar-refractivity contribution in [3.63, 3.8) is 0 Å². The van der Waals surface area contributed by atoms with E-state index >= 15 is 0 Å². The van der Waals surface area contributed by atoms with E-state index in [4.69, 9.17) is 4.74 Å². The monoisotopic (exact) mass is 347 g/mol. The molecule has 1 N–H and O–H groups in total. The minimum atomic E-state index is -0.509. The van der Waals surface area contributed by atoms with Gasteiger partial charge < -0.3 is 14.7 Å². The van der Waals surface area contributed by atoms with Crippen LogP contribution in [-0.2, 0) is 14.3 Å². The number of ether oxygens (including phenoxy) is 1. The number of nitrogens with zero attached hydrogens (tertiary/aromatic N) is 3. The molecule has 8 heteroatoms. The minimum absolute atomic E-state index is 0.0782. The molecule has 0 radical (unpaired) electrons. The van der Waals surface area contributed by atoms with Crippen molar-refractivity contribution in [1.29, 1.82) is 0 Å². The Morgan fingerprint density at radius 1 is 1.16 bits per heavy atom. The molecule has 0 unspecified atom stereocenters. The van der Waals surface area contributed by atoms with Crippen LogP contribution in [0.15, 0.2) is 24.3 Å². The molecule has 0 aromatic heterocycles. The van der Waals surface area contributed by atoms with Gasteiger partial charge in [0.2, 0.25) is 5.91 Å². The number of amides is 3. The molecule has 2 saturated heterocycles. The van der Waals surface area contributed by atoms with Gasteiger partial charge in [0.1, 0.15) is 5.75 Å². The Morgan fingerprint density at radius 3 is 2.40 bits per heavy atom. The summed E-state index contributed by atoms with van der Waals surface area (Å²) in [6, 6.07) is 5.48. The number of rotatable bonds is 3. The molecule has 2 fully saturated rings. The summed E-state index contributed by atoms with van der Waals surface area (Å²) in [7, 11) is 0. The molecule has 2 aliphatic rings. The van der Waals surface area contributed by atoms with Crippen molar-refractivity contribution < 1.29 is 24.2 Å². The first-order chi connectivity index (χ1) is 12.0. The summed E-state index contributed by atoms with van der Waals surface area (Å²) < 4.78 is 4.98. The van der Waals surface area contributed by atoms with Crippen LogP contribution in [0.2, 0.25) is 0 Å². The van der Waals surface area contributed by atoms with Crippen molar-refractivity contribution in [2.75, 3.05) is 37.7 Å². The molecular formula is C17H21N3O5. The second-order valence-corrected chi connectivity index (χ2v) is 6.03. The largest absolute Gasteiger partial charge is 0.508 e. The van der Waals surface area contributed by atoms with Crippen LogP contribution in [0.25, 0.3) is 0 Å². The third kappa shape index (κ3) is 3.43. The fourth-order valence-electron chi connectivity index (χ4n) is 3.21. The predicted molar refractivity (Wildman–Crippen MR) is 89.2 cm³/mol. The maximum Gasteiger partial charge on any atom is 0.409 e. The van der Waals surface area contributed by atoms with E-state index in [1.165, 1.54) is 17.0 Å². The maximum absolute atomic E-state index is 12.7. The molecular weight excluding hydrogens is 326 g/mol. The summed E-state index contributed by atoms with van der Waals surface area (Å²) >= 11 is 0. The van der Waals surface area contributed by atoms with E-state index in [1.54, 1.807) is 24.0 Å². The Balaban J connectivity index is 1.65. The number of piperazine rings is 1. The average molecular weight is 347 g/mol. The molecule has 25 heavy (non-hydrogen) atoms. The highest BCUT2D eigenvalue weighted by atomic mass is 16.6. The first kappa shape index (κ1) is 17.2. The van der Waals surface area contributed by atoms with Gasteiger partial charge in [-0.15, -0.1) is 0 Å². The molecule has 0 aliphatic carbocycles. The normalized spacial score (nSPS) is 21.7. The topological polar surface area (TPSA) is 90.4 Å². The van der Waals surface area contributed by atoms with Gasteiger partial charge in [-0.3, -0.25) is 14.5 Å². The highest BCUT2D eigenvalue weighted by Gasteiger charge is 2.43. The molecule has 3 rings (SSSR count). The quantitative estimate of drug-likeness (QED) is 0.814. The van der Waals surface area contributed by atoms with Crippen LogP contribution < -0.4 is 4.90 Å². The molecule has 134 valence electrons. The number of imide groups is 1. The Hall–Kier alpha value is -2.61. The lowest BCUT2D eigenvalue weighted by Crippen LogP contribution is -2.53. The highest BCUT2D eigenvalue weighted by molar-refractivity contribution is 6.22. The number of hydrogen-bond acceptors (Lipinski definition) is 6. The standard InChI is InChI=1S/C17H21N3O5/c1-2-25-17(24)19-9-7-18(8-10-19)14-11-15(22)20(16(14)23)12-3-5-13(21)6-4-12/h3-6,14,21H,2,7-11H2,1H3/t14-/m0/s1. The number of carbonyl (C=O) groups is 3. The molecule has 2 aliphatic heterocycles. The number of aromatic hydroxyl groups is 1. The van der Waals surface area contributed by atoms with Crippen LogP contribution in [0, 0.1) is 0 Å². The van der Waals surface area contributed by atoms with Crippen LogP contribution >= 0.6 is 0 Å². The fraction of sp³-hybridized carbons (Fsp3) is 0.471. The van der Waals surface area contributed by atoms with Gasteiger partial charge in [0, 0.05) is 26.2 Å². The summed E-state index contributed by atoms with van der Waals surface area (Å²) in [5.41, 5.74) is 0.459. The SMILES string of the molecule is CCOC(=O)N1CCN([C@H]2CC(=O)N(c3ccc(O)cc3)C2=O)CC1. The van der Waals surface area contributed by atoms with E-state index in [-0.39, 0.29) is 30.1 Å². The van der Waals surface area contributed by atoms with Crippen LogP contribution in [0.4, 0.5) is 10.5 Å². The zero-order valence-corrected chi connectivity index (χ0v) is 14.1. The van der Waals surface area contributed by atoms with Crippen molar-refractivity contribution in [1.82, 2.24) is 9.80 Å². The number of phenols is 1. The van der Waals surface area contributed by atoms with Gasteiger partial charge in [-0.05, 0) is 31.2 Å². The zero-order valence-electron chi connectivity index (χ0n) is 14.1. The smallest absolute Gasteiger partial charge is 0.409 e. The predicted octanol–water partition coefficient (Wildman–Crippen LogP) is 0.798. The summed E-state index contributed by atoms with van der Waals surface area (Å²) in [6.45, 7) is 4.06. The summed E-state index contributed by atoms with van der Waals surface area (Å²) in [5, 5.41) is 9.36. The van der Waals surface area contributed by atoms with E-state index in [2.05, 4.69) is 0 Å². The van der Waals surface area contributed by atoms with Crippen LogP contribution in [0.1, 0.15) is 13.3 Å². The molecule has 3 amide bonds. The Labute approximate surface area is 145 Å². The van der Waals surface area contributed by atoms with Gasteiger partial charge >= 0.3 is 6.09 Å². The van der Waals surface area contributed by atoms with E-state index in [0.29, 0.717) is 38.5 Å². The Morgan fingerprint density at radius 2 is 1.80 bits per heavy atom. The van der Waals surface area contributed by atoms with Gasteiger partial charge in [-0.25, -0.2) is 9.69 Å². The van der Waals surface area contributed by atoms with Crippen molar-refractivity contribution >= 4 is 23.6 Å². The molecule has 1 aromatic carbocycles. The summed E-state index contributed by atoms with van der Waals surface area (Å²) in [6.07, 6.45) is -0.222. The van der Waals surface area contributed by atoms with Crippen LogP contribution in [-0.4, -0.2) is 71.6 Å². The second kappa shape index (κ2) is 7.10. The molecule has 1 aromatic rings. The van der Waals surface area contributed by atoms with Gasteiger partial charge in [0.25, 0.3) is 5.91 Å². The Kier molecular flexibility index (Phi) is 4.89. The van der Waals surface area contributed by atoms with E-state index in [9.17, 15) is 19.5 Å². The first-order valence-corrected chi connectivity index (χ1v) is 8.33. The lowest BCUT2D eigenvalue weighted by Gasteiger charge is -2.36. The lowest BCUT2D eigenvalue weighted by molar-refractivity contribution is -0.123. The number of anilines is 1. The zero-order chi connectivity index (χ0) is 18.0. The molecule has 8 nitrogen and oxygen atoms in total. The molecule has 2 heterocycles. The summed E-state index contributed by atoms with van der Waals surface area (Å²) in [5.74, 6) is -0.441. The molecule has 0 saturated carbocycles. The average Bonchev–Trinajstić information content (AvgIpc) is 2.91. The van der Waals surface area contributed by atoms with Crippen molar-refractivity contribution in [3.8, 4) is 5.75 Å². The Bertz CT molecular complexity index is 667. The highest BCUT2D eigenvalue weighted by Crippen LogP contribution is 2.27. The van der Waals surface area contributed by atoms with Crippen LogP contribution in [0.3, 0.4) is 0 Å². The molecule has 1 atom stereocenters. The van der Waals surface area contributed by atoms with Crippen molar-refractivity contribution in [2.24, 2.45) is 0 Å².